The zero-order chi connectivity index (χ0) is 20.6. The third-order valence-electron chi connectivity index (χ3n) is 6.13. The second kappa shape index (κ2) is 7.54. The molecule has 0 amide bonds. The molecule has 1 N–H and O–H groups in total. The average Bonchev–Trinajstić information content (AvgIpc) is 3.26. The summed E-state index contributed by atoms with van der Waals surface area (Å²) in [5, 5.41) is 8.73. The van der Waals surface area contributed by atoms with Crippen LogP contribution in [0.15, 0.2) is 54.7 Å². The van der Waals surface area contributed by atoms with E-state index in [1.165, 1.54) is 5.56 Å². The minimum Gasteiger partial charge on any atom is -0.353 e. The fourth-order valence-corrected chi connectivity index (χ4v) is 4.49. The zero-order valence-electron chi connectivity index (χ0n) is 17.3. The van der Waals surface area contributed by atoms with Crippen LogP contribution in [-0.2, 0) is 13.0 Å². The van der Waals surface area contributed by atoms with E-state index in [1.807, 2.05) is 18.3 Å². The number of hydrogen-bond acceptors (Lipinski definition) is 7. The van der Waals surface area contributed by atoms with Crippen LogP contribution in [0.1, 0.15) is 11.3 Å². The first kappa shape index (κ1) is 18.1. The molecule has 0 radical (unpaired) electrons. The summed E-state index contributed by atoms with van der Waals surface area (Å²) in [6.07, 6.45) is 2.76. The van der Waals surface area contributed by atoms with Crippen molar-refractivity contribution in [1.29, 1.82) is 0 Å². The van der Waals surface area contributed by atoms with Gasteiger partial charge in [0.1, 0.15) is 11.6 Å². The molecule has 8 nitrogen and oxygen atoms in total. The van der Waals surface area contributed by atoms with Crippen LogP contribution in [-0.4, -0.2) is 57.9 Å². The molecule has 1 fully saturated rings. The van der Waals surface area contributed by atoms with E-state index in [2.05, 4.69) is 66.3 Å². The highest BCUT2D eigenvalue weighted by Gasteiger charge is 2.27. The first-order valence-corrected chi connectivity index (χ1v) is 10.8. The number of hydrogen-bond donors (Lipinski definition) is 1. The van der Waals surface area contributed by atoms with E-state index in [0.29, 0.717) is 0 Å². The number of rotatable bonds is 4. The van der Waals surface area contributed by atoms with E-state index < -0.39 is 0 Å². The van der Waals surface area contributed by atoms with Gasteiger partial charge in [0.05, 0.1) is 11.1 Å². The Bertz CT molecular complexity index is 1180. The number of benzene rings is 1. The number of aromatic nitrogens is 5. The third kappa shape index (κ3) is 3.34. The molecule has 1 aromatic carbocycles. The van der Waals surface area contributed by atoms with Crippen molar-refractivity contribution in [2.24, 2.45) is 0 Å². The second-order valence-corrected chi connectivity index (χ2v) is 8.06. The van der Waals surface area contributed by atoms with Gasteiger partial charge in [-0.15, -0.1) is 0 Å². The molecule has 156 valence electrons. The van der Waals surface area contributed by atoms with Crippen LogP contribution in [0.2, 0.25) is 0 Å². The van der Waals surface area contributed by atoms with Gasteiger partial charge in [-0.1, -0.05) is 36.4 Å². The lowest BCUT2D eigenvalue weighted by atomic mass is 10.1. The Kier molecular flexibility index (Phi) is 4.40. The number of nitrogens with one attached hydrogen (secondary N) is 1. The smallest absolute Gasteiger partial charge is 0.229 e. The lowest BCUT2D eigenvalue weighted by Crippen LogP contribution is -2.47. The van der Waals surface area contributed by atoms with E-state index in [0.717, 1.165) is 80.0 Å². The molecule has 6 rings (SSSR count). The fraction of sp³-hybridized carbons (Fsp3) is 0.304. The number of nitrogens with zero attached hydrogens (tertiary/aromatic N) is 7. The predicted molar refractivity (Wildman–Crippen MR) is 122 cm³/mol. The summed E-state index contributed by atoms with van der Waals surface area (Å²) in [6, 6.07) is 16.6. The van der Waals surface area contributed by atoms with E-state index in [4.69, 9.17) is 9.97 Å². The molecule has 31 heavy (non-hydrogen) atoms. The van der Waals surface area contributed by atoms with Crippen molar-refractivity contribution in [3.63, 3.8) is 0 Å². The maximum absolute atomic E-state index is 5.05. The van der Waals surface area contributed by atoms with Crippen LogP contribution < -0.4 is 14.7 Å². The van der Waals surface area contributed by atoms with E-state index in [9.17, 15) is 0 Å². The molecular weight excluding hydrogens is 388 g/mol. The van der Waals surface area contributed by atoms with Gasteiger partial charge < -0.3 is 14.7 Å². The van der Waals surface area contributed by atoms with Gasteiger partial charge in [0.25, 0.3) is 0 Å². The Labute approximate surface area is 180 Å². The maximum Gasteiger partial charge on any atom is 0.229 e. The van der Waals surface area contributed by atoms with Gasteiger partial charge in [-0.25, -0.2) is 4.98 Å². The molecule has 2 aliphatic rings. The standard InChI is InChI=1S/C23H24N8/c1-2-6-17(7-3-1)16-31-11-9-18-20-21(28-27-18)25-23(26-22(20)31)30-14-12-29(13-15-30)19-8-4-5-10-24-19/h1-8,10H,9,11-16H2,(H,25,26,27,28). The molecule has 2 aliphatic heterocycles. The van der Waals surface area contributed by atoms with Crippen molar-refractivity contribution in [3.8, 4) is 0 Å². The van der Waals surface area contributed by atoms with Crippen LogP contribution in [0, 0.1) is 0 Å². The number of pyridine rings is 1. The number of aromatic amines is 1. The number of piperazine rings is 1. The first-order valence-electron chi connectivity index (χ1n) is 10.8. The highest BCUT2D eigenvalue weighted by atomic mass is 15.4. The summed E-state index contributed by atoms with van der Waals surface area (Å²) in [7, 11) is 0. The molecule has 0 aliphatic carbocycles. The van der Waals surface area contributed by atoms with Crippen molar-refractivity contribution in [1.82, 2.24) is 25.1 Å². The van der Waals surface area contributed by atoms with Gasteiger partial charge in [0, 0.05) is 51.9 Å². The Morgan fingerprint density at radius 1 is 0.839 bits per heavy atom. The summed E-state index contributed by atoms with van der Waals surface area (Å²) in [6.45, 7) is 5.27. The monoisotopic (exact) mass is 412 g/mol. The van der Waals surface area contributed by atoms with Crippen LogP contribution in [0.3, 0.4) is 0 Å². The SMILES string of the molecule is c1ccc(CN2CCc3n[nH]c4nc(N5CCN(c6ccccn6)CC5)nc2c34)cc1. The van der Waals surface area contributed by atoms with Crippen molar-refractivity contribution < 1.29 is 0 Å². The molecule has 5 heterocycles. The Hall–Kier alpha value is -3.68. The van der Waals surface area contributed by atoms with Crippen molar-refractivity contribution in [2.75, 3.05) is 47.4 Å². The summed E-state index contributed by atoms with van der Waals surface area (Å²) in [5.41, 5.74) is 3.19. The van der Waals surface area contributed by atoms with Gasteiger partial charge in [-0.05, 0) is 17.7 Å². The summed E-state index contributed by atoms with van der Waals surface area (Å²) < 4.78 is 0. The average molecular weight is 413 g/mol. The van der Waals surface area contributed by atoms with E-state index in [-0.39, 0.29) is 0 Å². The Morgan fingerprint density at radius 3 is 2.45 bits per heavy atom. The number of anilines is 3. The summed E-state index contributed by atoms with van der Waals surface area (Å²) in [5.74, 6) is 2.80. The van der Waals surface area contributed by atoms with Gasteiger partial charge in [-0.2, -0.15) is 15.1 Å². The molecule has 0 spiro atoms. The molecular formula is C23H24N8. The Morgan fingerprint density at radius 2 is 1.65 bits per heavy atom. The molecule has 0 saturated carbocycles. The predicted octanol–water partition coefficient (Wildman–Crippen LogP) is 2.64. The van der Waals surface area contributed by atoms with Crippen LogP contribution in [0.5, 0.6) is 0 Å². The van der Waals surface area contributed by atoms with Crippen LogP contribution >= 0.6 is 0 Å². The molecule has 1 saturated heterocycles. The van der Waals surface area contributed by atoms with E-state index >= 15 is 0 Å². The van der Waals surface area contributed by atoms with Crippen LogP contribution in [0.4, 0.5) is 17.6 Å². The van der Waals surface area contributed by atoms with Gasteiger partial charge in [0.15, 0.2) is 5.65 Å². The minimum atomic E-state index is 0.776. The molecule has 3 aromatic heterocycles. The highest BCUT2D eigenvalue weighted by Crippen LogP contribution is 2.33. The second-order valence-electron chi connectivity index (χ2n) is 8.06. The normalized spacial score (nSPS) is 16.2. The molecule has 8 heteroatoms. The lowest BCUT2D eigenvalue weighted by Gasteiger charge is -2.36. The topological polar surface area (TPSA) is 77.1 Å². The largest absolute Gasteiger partial charge is 0.353 e. The summed E-state index contributed by atoms with van der Waals surface area (Å²) in [4.78, 5) is 21.3. The zero-order valence-corrected chi connectivity index (χ0v) is 17.3. The first-order chi connectivity index (χ1) is 15.3. The maximum atomic E-state index is 5.05. The quantitative estimate of drug-likeness (QED) is 0.552. The fourth-order valence-electron chi connectivity index (χ4n) is 4.49. The van der Waals surface area contributed by atoms with Gasteiger partial charge in [-0.3, -0.25) is 5.10 Å². The molecule has 0 unspecified atom stereocenters. The van der Waals surface area contributed by atoms with Crippen molar-refractivity contribution >= 4 is 28.6 Å². The van der Waals surface area contributed by atoms with Crippen LogP contribution in [0.25, 0.3) is 11.0 Å². The number of H-pyrrole nitrogens is 1. The van der Waals surface area contributed by atoms with Gasteiger partial charge in [0.2, 0.25) is 5.95 Å². The molecule has 4 aromatic rings. The van der Waals surface area contributed by atoms with E-state index in [1.54, 1.807) is 0 Å². The van der Waals surface area contributed by atoms with Crippen molar-refractivity contribution in [2.45, 2.75) is 13.0 Å². The van der Waals surface area contributed by atoms with Crippen molar-refractivity contribution in [3.05, 3.63) is 66.0 Å². The molecule has 0 atom stereocenters. The summed E-state index contributed by atoms with van der Waals surface area (Å²) >= 11 is 0. The lowest BCUT2D eigenvalue weighted by molar-refractivity contribution is 0.634. The Balaban J connectivity index is 1.28. The third-order valence-corrected chi connectivity index (χ3v) is 6.13. The highest BCUT2D eigenvalue weighted by molar-refractivity contribution is 5.91. The van der Waals surface area contributed by atoms with Gasteiger partial charge >= 0.3 is 0 Å². The molecule has 0 bridgehead atoms. The minimum absolute atomic E-state index is 0.776.